The van der Waals surface area contributed by atoms with E-state index in [1.54, 1.807) is 0 Å². The zero-order valence-electron chi connectivity index (χ0n) is 11.2. The summed E-state index contributed by atoms with van der Waals surface area (Å²) in [7, 11) is 0. The van der Waals surface area contributed by atoms with Gasteiger partial charge < -0.3 is 10.2 Å². The van der Waals surface area contributed by atoms with E-state index < -0.39 is 5.82 Å². The Bertz CT molecular complexity index is 758. The topological polar surface area (TPSA) is 52.0 Å². The fourth-order valence-electron chi connectivity index (χ4n) is 2.23. The molecule has 3 aromatic rings. The zero-order valence-corrected chi connectivity index (χ0v) is 12.0. The van der Waals surface area contributed by atoms with Crippen molar-refractivity contribution in [3.05, 3.63) is 64.8 Å². The van der Waals surface area contributed by atoms with E-state index in [2.05, 4.69) is 4.98 Å². The van der Waals surface area contributed by atoms with Crippen LogP contribution < -0.4 is 5.73 Å². The molecule has 3 nitrogen and oxygen atoms in total. The molecule has 0 saturated heterocycles. The average molecular weight is 305 g/mol. The molecule has 1 atom stereocenters. The molecular weight excluding hydrogens is 291 g/mol. The standard InChI is InChI=1S/C16H14ClFN2O/c17-12-8-11(18)9-14-15(12)21-16(20-14)13(19)7-6-10-4-2-1-3-5-10/h1-5,8-9,13H,6-7,19H2. The minimum Gasteiger partial charge on any atom is -0.437 e. The quantitative estimate of drug-likeness (QED) is 0.784. The van der Waals surface area contributed by atoms with Crippen molar-refractivity contribution in [2.24, 2.45) is 5.73 Å². The predicted octanol–water partition coefficient (Wildman–Crippen LogP) is 4.25. The molecule has 0 aliphatic heterocycles. The molecule has 2 aromatic carbocycles. The zero-order chi connectivity index (χ0) is 14.8. The number of aromatic nitrogens is 1. The Hall–Kier alpha value is -1.91. The van der Waals surface area contributed by atoms with Crippen LogP contribution in [0.2, 0.25) is 5.02 Å². The van der Waals surface area contributed by atoms with Crippen molar-refractivity contribution in [1.82, 2.24) is 4.98 Å². The van der Waals surface area contributed by atoms with Crippen LogP contribution in [0, 0.1) is 5.82 Å². The van der Waals surface area contributed by atoms with Gasteiger partial charge in [-0.05, 0) is 24.5 Å². The Kier molecular flexibility index (Phi) is 3.90. The van der Waals surface area contributed by atoms with Crippen LogP contribution in [0.4, 0.5) is 4.39 Å². The van der Waals surface area contributed by atoms with Crippen molar-refractivity contribution in [2.45, 2.75) is 18.9 Å². The normalized spacial score (nSPS) is 12.7. The van der Waals surface area contributed by atoms with Crippen molar-refractivity contribution in [3.8, 4) is 0 Å². The van der Waals surface area contributed by atoms with Crippen LogP contribution in [-0.2, 0) is 6.42 Å². The maximum Gasteiger partial charge on any atom is 0.212 e. The summed E-state index contributed by atoms with van der Waals surface area (Å²) in [5, 5.41) is 0.207. The highest BCUT2D eigenvalue weighted by Gasteiger charge is 2.16. The highest BCUT2D eigenvalue weighted by molar-refractivity contribution is 6.34. The molecule has 3 rings (SSSR count). The molecule has 21 heavy (non-hydrogen) atoms. The third kappa shape index (κ3) is 3.06. The smallest absolute Gasteiger partial charge is 0.212 e. The van der Waals surface area contributed by atoms with E-state index >= 15 is 0 Å². The fourth-order valence-corrected chi connectivity index (χ4v) is 2.47. The van der Waals surface area contributed by atoms with E-state index in [-0.39, 0.29) is 11.1 Å². The summed E-state index contributed by atoms with van der Waals surface area (Å²) in [6.07, 6.45) is 1.51. The molecule has 0 spiro atoms. The van der Waals surface area contributed by atoms with Gasteiger partial charge >= 0.3 is 0 Å². The summed E-state index contributed by atoms with van der Waals surface area (Å²) in [6.45, 7) is 0. The second-order valence-electron chi connectivity index (χ2n) is 4.92. The fraction of sp³-hybridized carbons (Fsp3) is 0.188. The van der Waals surface area contributed by atoms with Gasteiger partial charge in [0, 0.05) is 6.07 Å². The summed E-state index contributed by atoms with van der Waals surface area (Å²) in [6, 6.07) is 12.2. The molecule has 2 N–H and O–H groups in total. The monoisotopic (exact) mass is 304 g/mol. The Morgan fingerprint density at radius 3 is 2.76 bits per heavy atom. The van der Waals surface area contributed by atoms with Crippen LogP contribution in [0.15, 0.2) is 46.9 Å². The van der Waals surface area contributed by atoms with E-state index in [9.17, 15) is 4.39 Å². The maximum atomic E-state index is 13.3. The van der Waals surface area contributed by atoms with Crippen LogP contribution in [0.5, 0.6) is 0 Å². The van der Waals surface area contributed by atoms with Gasteiger partial charge in [0.25, 0.3) is 0 Å². The number of halogens is 2. The molecule has 0 bridgehead atoms. The van der Waals surface area contributed by atoms with Gasteiger partial charge in [0.1, 0.15) is 11.3 Å². The molecule has 5 heteroatoms. The number of aryl methyl sites for hydroxylation is 1. The number of hydrogen-bond donors (Lipinski definition) is 1. The molecule has 0 aliphatic rings. The Morgan fingerprint density at radius 2 is 2.00 bits per heavy atom. The summed E-state index contributed by atoms with van der Waals surface area (Å²) in [5.74, 6) is -0.0568. The van der Waals surface area contributed by atoms with Gasteiger partial charge in [0.05, 0.1) is 11.1 Å². The van der Waals surface area contributed by atoms with Crippen molar-refractivity contribution in [2.75, 3.05) is 0 Å². The third-order valence-electron chi connectivity index (χ3n) is 3.33. The van der Waals surface area contributed by atoms with Crippen LogP contribution >= 0.6 is 11.6 Å². The molecule has 108 valence electrons. The Labute approximate surface area is 126 Å². The van der Waals surface area contributed by atoms with Gasteiger partial charge in [-0.2, -0.15) is 0 Å². The second-order valence-corrected chi connectivity index (χ2v) is 5.33. The number of hydrogen-bond acceptors (Lipinski definition) is 3. The van der Waals surface area contributed by atoms with Crippen molar-refractivity contribution >= 4 is 22.7 Å². The Balaban J connectivity index is 1.78. The summed E-state index contributed by atoms with van der Waals surface area (Å²) >= 11 is 5.94. The first-order valence-electron chi connectivity index (χ1n) is 6.68. The van der Waals surface area contributed by atoms with Gasteiger partial charge in [-0.1, -0.05) is 41.9 Å². The van der Waals surface area contributed by atoms with E-state index in [4.69, 9.17) is 21.8 Å². The van der Waals surface area contributed by atoms with Crippen molar-refractivity contribution < 1.29 is 8.81 Å². The van der Waals surface area contributed by atoms with Gasteiger partial charge in [0.2, 0.25) is 5.89 Å². The van der Waals surface area contributed by atoms with E-state index in [1.807, 2.05) is 30.3 Å². The van der Waals surface area contributed by atoms with Gasteiger partial charge in [-0.25, -0.2) is 9.37 Å². The molecule has 0 amide bonds. The summed E-state index contributed by atoms with van der Waals surface area (Å²) in [4.78, 5) is 4.23. The number of oxazole rings is 1. The Morgan fingerprint density at radius 1 is 1.24 bits per heavy atom. The molecule has 1 unspecified atom stereocenters. The second kappa shape index (κ2) is 5.84. The predicted molar refractivity (Wildman–Crippen MR) is 80.7 cm³/mol. The molecule has 0 radical (unpaired) electrons. The highest BCUT2D eigenvalue weighted by Crippen LogP contribution is 2.28. The average Bonchev–Trinajstić information content (AvgIpc) is 2.90. The molecule has 0 aliphatic carbocycles. The number of nitrogens with two attached hydrogens (primary N) is 1. The number of nitrogens with zero attached hydrogens (tertiary/aromatic N) is 1. The summed E-state index contributed by atoms with van der Waals surface area (Å²) < 4.78 is 18.8. The van der Waals surface area contributed by atoms with Crippen LogP contribution in [0.25, 0.3) is 11.1 Å². The largest absolute Gasteiger partial charge is 0.437 e. The third-order valence-corrected chi connectivity index (χ3v) is 3.61. The van der Waals surface area contributed by atoms with Gasteiger partial charge in [0.15, 0.2) is 5.58 Å². The highest BCUT2D eigenvalue weighted by atomic mass is 35.5. The number of fused-ring (bicyclic) bond motifs is 1. The van der Waals surface area contributed by atoms with E-state index in [0.29, 0.717) is 23.4 Å². The van der Waals surface area contributed by atoms with Gasteiger partial charge in [-0.15, -0.1) is 0 Å². The number of benzene rings is 2. The minimum atomic E-state index is -0.440. The first kappa shape index (κ1) is 14.0. The van der Waals surface area contributed by atoms with Gasteiger partial charge in [-0.3, -0.25) is 0 Å². The molecular formula is C16H14ClFN2O. The lowest BCUT2D eigenvalue weighted by molar-refractivity contribution is 0.459. The first-order valence-corrected chi connectivity index (χ1v) is 7.06. The lowest BCUT2D eigenvalue weighted by Crippen LogP contribution is -2.11. The van der Waals surface area contributed by atoms with E-state index in [1.165, 1.54) is 17.7 Å². The molecule has 1 heterocycles. The van der Waals surface area contributed by atoms with Crippen molar-refractivity contribution in [3.63, 3.8) is 0 Å². The first-order chi connectivity index (χ1) is 10.1. The SMILES string of the molecule is NC(CCc1ccccc1)c1nc2cc(F)cc(Cl)c2o1. The van der Waals surface area contributed by atoms with Crippen molar-refractivity contribution in [1.29, 1.82) is 0 Å². The lowest BCUT2D eigenvalue weighted by Gasteiger charge is -2.07. The maximum absolute atomic E-state index is 13.3. The van der Waals surface area contributed by atoms with Crippen LogP contribution in [0.3, 0.4) is 0 Å². The molecule has 1 aromatic heterocycles. The van der Waals surface area contributed by atoms with Crippen LogP contribution in [0.1, 0.15) is 23.9 Å². The van der Waals surface area contributed by atoms with E-state index in [0.717, 1.165) is 6.42 Å². The molecule has 0 fully saturated rings. The minimum absolute atomic E-state index is 0.207. The lowest BCUT2D eigenvalue weighted by atomic mass is 10.1. The van der Waals surface area contributed by atoms with Crippen LogP contribution in [-0.4, -0.2) is 4.98 Å². The molecule has 0 saturated carbocycles. The number of rotatable bonds is 4. The summed E-state index contributed by atoms with van der Waals surface area (Å²) in [5.41, 5.74) is 8.08.